The molecule has 1 aromatic rings. The highest BCUT2D eigenvalue weighted by Gasteiger charge is 2.06. The molecular weight excluding hydrogens is 400 g/mol. The van der Waals surface area contributed by atoms with Crippen LogP contribution in [0.15, 0.2) is 91.1 Å². The number of aromatic hydroxyl groups is 2. The number of rotatable bonds is 15. The maximum absolute atomic E-state index is 11.8. The van der Waals surface area contributed by atoms with Gasteiger partial charge in [0.1, 0.15) is 17.2 Å². The van der Waals surface area contributed by atoms with Crippen molar-refractivity contribution in [3.63, 3.8) is 0 Å². The summed E-state index contributed by atoms with van der Waals surface area (Å²) in [4.78, 5) is 11.8. The maximum Gasteiger partial charge on any atom is 0.311 e. The maximum atomic E-state index is 11.8. The Morgan fingerprint density at radius 3 is 1.53 bits per heavy atom. The van der Waals surface area contributed by atoms with Crippen molar-refractivity contribution >= 4 is 5.97 Å². The van der Waals surface area contributed by atoms with E-state index in [0.29, 0.717) is 6.42 Å². The van der Waals surface area contributed by atoms with Crippen molar-refractivity contribution in [2.75, 3.05) is 0 Å². The zero-order valence-corrected chi connectivity index (χ0v) is 19.0. The van der Waals surface area contributed by atoms with Crippen LogP contribution in [0.3, 0.4) is 0 Å². The number of benzene rings is 1. The van der Waals surface area contributed by atoms with E-state index in [1.165, 1.54) is 18.2 Å². The van der Waals surface area contributed by atoms with E-state index in [1.54, 1.807) is 0 Å². The Morgan fingerprint density at radius 1 is 0.688 bits per heavy atom. The Balaban J connectivity index is 2.05. The van der Waals surface area contributed by atoms with E-state index in [0.717, 1.165) is 38.5 Å². The molecule has 0 amide bonds. The van der Waals surface area contributed by atoms with Crippen LogP contribution >= 0.6 is 0 Å². The first-order valence-corrected chi connectivity index (χ1v) is 11.3. The van der Waals surface area contributed by atoms with Crippen molar-refractivity contribution in [2.45, 2.75) is 58.3 Å². The highest BCUT2D eigenvalue weighted by Crippen LogP contribution is 2.26. The van der Waals surface area contributed by atoms with Gasteiger partial charge >= 0.3 is 5.97 Å². The zero-order chi connectivity index (χ0) is 23.3. The molecular formula is C28H36O4. The van der Waals surface area contributed by atoms with Gasteiger partial charge in [0.05, 0.1) is 0 Å². The second-order valence-electron chi connectivity index (χ2n) is 7.11. The highest BCUT2D eigenvalue weighted by atomic mass is 16.5. The van der Waals surface area contributed by atoms with Gasteiger partial charge in [0.15, 0.2) is 0 Å². The summed E-state index contributed by atoms with van der Waals surface area (Å²) in [5.41, 5.74) is 0. The SMILES string of the molecule is CCC=CCC=CCC=CCC=CCC=CCC=CCCC(=O)Oc1cc(O)cc(O)c1. The lowest BCUT2D eigenvalue weighted by Gasteiger charge is -2.04. The van der Waals surface area contributed by atoms with Crippen LogP contribution in [0.25, 0.3) is 0 Å². The van der Waals surface area contributed by atoms with Crippen LogP contribution in [0.4, 0.5) is 0 Å². The minimum Gasteiger partial charge on any atom is -0.508 e. The predicted octanol–water partition coefficient (Wildman–Crippen LogP) is 7.48. The fourth-order valence-corrected chi connectivity index (χ4v) is 2.65. The molecule has 0 aliphatic heterocycles. The Bertz CT molecular complexity index is 806. The number of allylic oxidation sites excluding steroid dienone is 12. The zero-order valence-electron chi connectivity index (χ0n) is 19.0. The monoisotopic (exact) mass is 436 g/mol. The Hall–Kier alpha value is -3.27. The normalized spacial score (nSPS) is 12.5. The van der Waals surface area contributed by atoms with Crippen molar-refractivity contribution in [1.29, 1.82) is 0 Å². The predicted molar refractivity (Wildman–Crippen MR) is 133 cm³/mol. The summed E-state index contributed by atoms with van der Waals surface area (Å²) >= 11 is 0. The Kier molecular flexibility index (Phi) is 15.5. The van der Waals surface area contributed by atoms with Crippen LogP contribution in [-0.2, 0) is 4.79 Å². The molecule has 0 heterocycles. The third-order valence-electron chi connectivity index (χ3n) is 4.22. The van der Waals surface area contributed by atoms with Crippen LogP contribution in [0.1, 0.15) is 58.3 Å². The van der Waals surface area contributed by atoms with E-state index >= 15 is 0 Å². The average Bonchev–Trinajstić information content (AvgIpc) is 2.74. The molecule has 0 bridgehead atoms. The summed E-state index contributed by atoms with van der Waals surface area (Å²) in [5, 5.41) is 18.7. The first-order valence-electron chi connectivity index (χ1n) is 11.3. The average molecular weight is 437 g/mol. The van der Waals surface area contributed by atoms with Crippen molar-refractivity contribution < 1.29 is 19.7 Å². The van der Waals surface area contributed by atoms with E-state index in [-0.39, 0.29) is 23.7 Å². The molecule has 2 N–H and O–H groups in total. The molecule has 32 heavy (non-hydrogen) atoms. The smallest absolute Gasteiger partial charge is 0.311 e. The lowest BCUT2D eigenvalue weighted by atomic mass is 10.2. The standard InChI is InChI=1S/C28H36O4/c1-2-3-4-5-6-7-8-9-10-11-12-13-14-15-16-17-18-19-20-21-28(31)32-27-23-25(29)22-26(30)24-27/h3-4,6-7,9-10,12-13,15-16,18-19,22-24,29-30H,2,5,8,11,14,17,20-21H2,1H3. The molecule has 0 aromatic heterocycles. The van der Waals surface area contributed by atoms with Gasteiger partial charge in [-0.05, 0) is 44.9 Å². The fourth-order valence-electron chi connectivity index (χ4n) is 2.65. The topological polar surface area (TPSA) is 66.8 Å². The second kappa shape index (κ2) is 18.5. The highest BCUT2D eigenvalue weighted by molar-refractivity contribution is 5.72. The van der Waals surface area contributed by atoms with Crippen LogP contribution < -0.4 is 4.74 Å². The van der Waals surface area contributed by atoms with Crippen LogP contribution in [0.5, 0.6) is 17.2 Å². The van der Waals surface area contributed by atoms with Gasteiger partial charge in [-0.1, -0.05) is 79.8 Å². The van der Waals surface area contributed by atoms with Gasteiger partial charge in [0.25, 0.3) is 0 Å². The molecule has 0 radical (unpaired) electrons. The molecule has 0 saturated carbocycles. The third-order valence-corrected chi connectivity index (χ3v) is 4.22. The van der Waals surface area contributed by atoms with E-state index in [2.05, 4.69) is 67.7 Å². The lowest BCUT2D eigenvalue weighted by molar-refractivity contribution is -0.134. The molecule has 0 fully saturated rings. The van der Waals surface area contributed by atoms with E-state index < -0.39 is 5.97 Å². The third kappa shape index (κ3) is 15.6. The number of hydrogen-bond acceptors (Lipinski definition) is 4. The van der Waals surface area contributed by atoms with Gasteiger partial charge in [0, 0.05) is 24.6 Å². The molecule has 0 atom stereocenters. The van der Waals surface area contributed by atoms with Gasteiger partial charge in [-0.15, -0.1) is 0 Å². The van der Waals surface area contributed by atoms with Crippen molar-refractivity contribution in [1.82, 2.24) is 0 Å². The number of phenolic OH excluding ortho intramolecular Hbond substituents is 2. The number of hydrogen-bond donors (Lipinski definition) is 2. The van der Waals surface area contributed by atoms with Crippen LogP contribution in [0, 0.1) is 0 Å². The molecule has 0 aliphatic carbocycles. The summed E-state index contributed by atoms with van der Waals surface area (Å²) in [7, 11) is 0. The second-order valence-corrected chi connectivity index (χ2v) is 7.11. The number of esters is 1. The number of carbonyl (C=O) groups excluding carboxylic acids is 1. The van der Waals surface area contributed by atoms with Crippen LogP contribution in [0.2, 0.25) is 0 Å². The fraction of sp³-hybridized carbons (Fsp3) is 0.321. The molecule has 0 saturated heterocycles. The molecule has 1 rings (SSSR count). The summed E-state index contributed by atoms with van der Waals surface area (Å²) in [6.45, 7) is 2.14. The molecule has 1 aromatic carbocycles. The summed E-state index contributed by atoms with van der Waals surface area (Å²) in [6.07, 6.45) is 32.2. The van der Waals surface area contributed by atoms with E-state index in [9.17, 15) is 15.0 Å². The largest absolute Gasteiger partial charge is 0.508 e. The lowest BCUT2D eigenvalue weighted by Crippen LogP contribution is -2.06. The summed E-state index contributed by atoms with van der Waals surface area (Å²) in [6, 6.07) is 3.75. The van der Waals surface area contributed by atoms with Gasteiger partial charge in [0.2, 0.25) is 0 Å². The quantitative estimate of drug-likeness (QED) is 0.170. The van der Waals surface area contributed by atoms with Crippen molar-refractivity contribution in [3.05, 3.63) is 91.1 Å². The van der Waals surface area contributed by atoms with E-state index in [4.69, 9.17) is 4.74 Å². The number of phenols is 2. The van der Waals surface area contributed by atoms with Gasteiger partial charge in [-0.3, -0.25) is 4.79 Å². The van der Waals surface area contributed by atoms with Crippen molar-refractivity contribution in [2.24, 2.45) is 0 Å². The molecule has 4 nitrogen and oxygen atoms in total. The summed E-state index contributed by atoms with van der Waals surface area (Å²) < 4.78 is 5.09. The van der Waals surface area contributed by atoms with Gasteiger partial charge in [-0.25, -0.2) is 0 Å². The molecule has 172 valence electrons. The van der Waals surface area contributed by atoms with Crippen LogP contribution in [-0.4, -0.2) is 16.2 Å². The van der Waals surface area contributed by atoms with Crippen molar-refractivity contribution in [3.8, 4) is 17.2 Å². The Morgan fingerprint density at radius 2 is 1.09 bits per heavy atom. The number of carbonyl (C=O) groups is 1. The Labute approximate surface area is 192 Å². The molecule has 0 spiro atoms. The summed E-state index contributed by atoms with van der Waals surface area (Å²) in [5.74, 6) is -0.570. The van der Waals surface area contributed by atoms with E-state index in [1.807, 2.05) is 12.2 Å². The number of ether oxygens (including phenoxy) is 1. The first kappa shape index (κ1) is 26.8. The minimum absolute atomic E-state index is 0.135. The molecule has 0 aliphatic rings. The minimum atomic E-state index is -0.408. The first-order chi connectivity index (χ1) is 15.6. The van der Waals surface area contributed by atoms with Gasteiger partial charge in [-0.2, -0.15) is 0 Å². The molecule has 0 unspecified atom stereocenters. The molecule has 4 heteroatoms. The van der Waals surface area contributed by atoms with Gasteiger partial charge < -0.3 is 14.9 Å².